The lowest BCUT2D eigenvalue weighted by atomic mass is 9.84. The van der Waals surface area contributed by atoms with Gasteiger partial charge in [0.15, 0.2) is 5.82 Å². The zero-order chi connectivity index (χ0) is 24.3. The van der Waals surface area contributed by atoms with Crippen molar-refractivity contribution in [2.75, 3.05) is 20.2 Å². The van der Waals surface area contributed by atoms with Gasteiger partial charge in [-0.05, 0) is 43.7 Å². The van der Waals surface area contributed by atoms with Crippen LogP contribution in [0.1, 0.15) is 54.7 Å². The van der Waals surface area contributed by atoms with Crippen molar-refractivity contribution in [3.05, 3.63) is 47.8 Å². The summed E-state index contributed by atoms with van der Waals surface area (Å²) in [7, 11) is 3.26. The lowest BCUT2D eigenvalue weighted by molar-refractivity contribution is -0.133. The monoisotopic (exact) mass is 470 g/mol. The van der Waals surface area contributed by atoms with Crippen LogP contribution in [-0.4, -0.2) is 57.8 Å². The summed E-state index contributed by atoms with van der Waals surface area (Å²) in [5.41, 5.74) is -0.186. The first-order chi connectivity index (χ1) is 16.3. The van der Waals surface area contributed by atoms with Gasteiger partial charge in [-0.3, -0.25) is 14.4 Å². The van der Waals surface area contributed by atoms with Crippen LogP contribution in [0.4, 0.5) is 4.39 Å². The zero-order valence-electron chi connectivity index (χ0n) is 19.7. The quantitative estimate of drug-likeness (QED) is 0.599. The first kappa shape index (κ1) is 23.9. The second kappa shape index (κ2) is 9.95. The maximum Gasteiger partial charge on any atom is 0.222 e. The number of aromatic nitrogens is 2. The molecule has 2 atom stereocenters. The number of hydrogen-bond donors (Lipinski definition) is 1. The van der Waals surface area contributed by atoms with Crippen LogP contribution in [0.5, 0.6) is 5.75 Å². The van der Waals surface area contributed by atoms with Gasteiger partial charge in [0.1, 0.15) is 11.6 Å². The molecule has 182 valence electrons. The largest absolute Gasteiger partial charge is 0.497 e. The molecule has 4 rings (SSSR count). The molecule has 0 unspecified atom stereocenters. The van der Waals surface area contributed by atoms with Gasteiger partial charge in [-0.2, -0.15) is 0 Å². The third kappa shape index (κ3) is 5.13. The van der Waals surface area contributed by atoms with Crippen molar-refractivity contribution in [1.82, 2.24) is 19.8 Å². The van der Waals surface area contributed by atoms with E-state index in [9.17, 15) is 18.8 Å². The predicted octanol–water partition coefficient (Wildman–Crippen LogP) is 2.66. The molecule has 0 radical (unpaired) electrons. The number of benzene rings is 1. The molecule has 0 aliphatic carbocycles. The number of Topliss-reactive ketones (excluding diaryl/α,β-unsaturated/α-hetero) is 1. The van der Waals surface area contributed by atoms with E-state index in [1.54, 1.807) is 41.0 Å². The van der Waals surface area contributed by atoms with Crippen molar-refractivity contribution in [3.63, 3.8) is 0 Å². The zero-order valence-corrected chi connectivity index (χ0v) is 19.7. The minimum Gasteiger partial charge on any atom is -0.497 e. The highest BCUT2D eigenvalue weighted by atomic mass is 19.1. The van der Waals surface area contributed by atoms with Gasteiger partial charge in [0.05, 0.1) is 7.11 Å². The van der Waals surface area contributed by atoms with E-state index in [0.717, 1.165) is 12.8 Å². The van der Waals surface area contributed by atoms with Crippen LogP contribution >= 0.6 is 0 Å². The third-order valence-corrected chi connectivity index (χ3v) is 7.03. The average Bonchev–Trinajstić information content (AvgIpc) is 3.43. The standard InChI is InChI=1S/C25H31FN4O4/c1-29-13-11-27-24(29)23(33)18-4-3-12-30(16-18)22(32)8-10-25(9-7-21(31)28-25)15-17-5-6-19(34-2)14-20(17)26/h5-6,11,13-14,18H,3-4,7-10,12,15-16H2,1-2H3,(H,28,31)/t18-,25+/m1/s1. The van der Waals surface area contributed by atoms with Crippen molar-refractivity contribution in [1.29, 1.82) is 0 Å². The van der Waals surface area contributed by atoms with Crippen molar-refractivity contribution in [3.8, 4) is 5.75 Å². The predicted molar refractivity (Wildman–Crippen MR) is 123 cm³/mol. The summed E-state index contributed by atoms with van der Waals surface area (Å²) in [6.07, 6.45) is 6.67. The number of rotatable bonds is 8. The van der Waals surface area contributed by atoms with E-state index in [2.05, 4.69) is 10.3 Å². The molecule has 3 heterocycles. The van der Waals surface area contributed by atoms with Gasteiger partial charge in [0.2, 0.25) is 17.6 Å². The number of nitrogens with zero attached hydrogens (tertiary/aromatic N) is 3. The fraction of sp³-hybridized carbons (Fsp3) is 0.520. The lowest BCUT2D eigenvalue weighted by Crippen LogP contribution is -2.46. The molecule has 34 heavy (non-hydrogen) atoms. The topological polar surface area (TPSA) is 93.5 Å². The van der Waals surface area contributed by atoms with Crippen molar-refractivity contribution >= 4 is 17.6 Å². The van der Waals surface area contributed by atoms with Crippen molar-refractivity contribution < 1.29 is 23.5 Å². The van der Waals surface area contributed by atoms with Gasteiger partial charge in [0, 0.05) is 62.9 Å². The van der Waals surface area contributed by atoms with Crippen molar-refractivity contribution in [2.45, 2.75) is 50.5 Å². The summed E-state index contributed by atoms with van der Waals surface area (Å²) in [6, 6.07) is 4.69. The molecule has 2 fully saturated rings. The van der Waals surface area contributed by atoms with E-state index in [4.69, 9.17) is 4.74 Å². The summed E-state index contributed by atoms with van der Waals surface area (Å²) in [5, 5.41) is 3.01. The van der Waals surface area contributed by atoms with Crippen molar-refractivity contribution in [2.24, 2.45) is 13.0 Å². The molecule has 1 aromatic heterocycles. The molecule has 2 amide bonds. The van der Waals surface area contributed by atoms with Gasteiger partial charge >= 0.3 is 0 Å². The number of aryl methyl sites for hydroxylation is 1. The summed E-state index contributed by atoms with van der Waals surface area (Å²) < 4.78 is 21.4. The second-order valence-corrected chi connectivity index (χ2v) is 9.37. The SMILES string of the molecule is COc1ccc(C[C@@]2(CCC(=O)N3CCC[C@@H](C(=O)c4nccn4C)C3)CCC(=O)N2)c(F)c1. The van der Waals surface area contributed by atoms with Crippen LogP contribution in [0.15, 0.2) is 30.6 Å². The van der Waals surface area contributed by atoms with E-state index in [-0.39, 0.29) is 29.9 Å². The van der Waals surface area contributed by atoms with E-state index >= 15 is 0 Å². The minimum absolute atomic E-state index is 0.0421. The number of ketones is 1. The van der Waals surface area contributed by atoms with Crippen LogP contribution < -0.4 is 10.1 Å². The smallest absolute Gasteiger partial charge is 0.222 e. The van der Waals surface area contributed by atoms with Crippen LogP contribution in [0.25, 0.3) is 0 Å². The normalized spacial score (nSPS) is 22.5. The van der Waals surface area contributed by atoms with E-state index in [0.29, 0.717) is 55.9 Å². The molecular formula is C25H31FN4O4. The molecule has 1 aromatic carbocycles. The Morgan fingerprint density at radius 1 is 1.35 bits per heavy atom. The number of imidazole rings is 1. The maximum absolute atomic E-state index is 14.6. The van der Waals surface area contributed by atoms with Gasteiger partial charge in [-0.25, -0.2) is 9.37 Å². The Hall–Kier alpha value is -3.23. The van der Waals surface area contributed by atoms with Gasteiger partial charge in [-0.1, -0.05) is 6.07 Å². The molecule has 9 heteroatoms. The average molecular weight is 471 g/mol. The second-order valence-electron chi connectivity index (χ2n) is 9.37. The van der Waals surface area contributed by atoms with Crippen LogP contribution in [0.2, 0.25) is 0 Å². The number of hydrogen-bond acceptors (Lipinski definition) is 5. The highest BCUT2D eigenvalue weighted by Crippen LogP contribution is 2.32. The molecule has 8 nitrogen and oxygen atoms in total. The number of likely N-dealkylation sites (tertiary alicyclic amines) is 1. The molecule has 2 aliphatic rings. The van der Waals surface area contributed by atoms with Crippen LogP contribution in [0.3, 0.4) is 0 Å². The maximum atomic E-state index is 14.6. The van der Waals surface area contributed by atoms with E-state index in [1.807, 2.05) is 0 Å². The Morgan fingerprint density at radius 2 is 2.18 bits per heavy atom. The Labute approximate surface area is 198 Å². The number of carbonyl (C=O) groups is 3. The Morgan fingerprint density at radius 3 is 2.82 bits per heavy atom. The number of amides is 2. The summed E-state index contributed by atoms with van der Waals surface area (Å²) in [5.74, 6) is 0.00645. The Bertz CT molecular complexity index is 1080. The number of carbonyl (C=O) groups excluding carboxylic acids is 3. The summed E-state index contributed by atoms with van der Waals surface area (Å²) >= 11 is 0. The number of methoxy groups -OCH3 is 1. The lowest BCUT2D eigenvalue weighted by Gasteiger charge is -2.34. The van der Waals surface area contributed by atoms with Gasteiger partial charge in [-0.15, -0.1) is 0 Å². The molecule has 0 saturated carbocycles. The first-order valence-corrected chi connectivity index (χ1v) is 11.7. The molecule has 2 aromatic rings. The Balaban J connectivity index is 1.40. The number of halogens is 1. The molecular weight excluding hydrogens is 439 g/mol. The number of piperidine rings is 1. The Kier molecular flexibility index (Phi) is 7.00. The number of nitrogens with one attached hydrogen (secondary N) is 1. The van der Waals surface area contributed by atoms with Gasteiger partial charge in [0.25, 0.3) is 0 Å². The number of ether oxygens (including phenoxy) is 1. The molecule has 2 saturated heterocycles. The summed E-state index contributed by atoms with van der Waals surface area (Å²) in [4.78, 5) is 43.9. The molecule has 2 aliphatic heterocycles. The minimum atomic E-state index is -0.667. The third-order valence-electron chi connectivity index (χ3n) is 7.03. The fourth-order valence-electron chi connectivity index (χ4n) is 5.05. The van der Waals surface area contributed by atoms with E-state index in [1.165, 1.54) is 13.2 Å². The van der Waals surface area contributed by atoms with E-state index < -0.39 is 11.4 Å². The highest BCUT2D eigenvalue weighted by Gasteiger charge is 2.39. The summed E-state index contributed by atoms with van der Waals surface area (Å²) in [6.45, 7) is 0.979. The van der Waals surface area contributed by atoms with Crippen LogP contribution in [0, 0.1) is 11.7 Å². The van der Waals surface area contributed by atoms with Gasteiger partial charge < -0.3 is 19.5 Å². The van der Waals surface area contributed by atoms with Crippen LogP contribution in [-0.2, 0) is 23.1 Å². The highest BCUT2D eigenvalue weighted by molar-refractivity contribution is 5.95. The first-order valence-electron chi connectivity index (χ1n) is 11.7. The molecule has 1 N–H and O–H groups in total. The fourth-order valence-corrected chi connectivity index (χ4v) is 5.05. The molecule has 0 spiro atoms. The molecule has 0 bridgehead atoms.